The smallest absolute Gasteiger partial charge is 0.119 e. The van der Waals surface area contributed by atoms with Crippen LogP contribution in [0.25, 0.3) is 0 Å². The molecule has 5 heteroatoms. The van der Waals surface area contributed by atoms with Crippen molar-refractivity contribution in [2.45, 2.75) is 38.4 Å². The van der Waals surface area contributed by atoms with Crippen LogP contribution in [-0.2, 0) is 13.1 Å². The summed E-state index contributed by atoms with van der Waals surface area (Å²) in [4.78, 5) is 8.97. The van der Waals surface area contributed by atoms with Crippen LogP contribution in [0.15, 0.2) is 43.0 Å². The molecule has 25 heavy (non-hydrogen) atoms. The standard InChI is InChI=1S/C20H30N4O/c1-22(2)19-7-4-10-24(16-19)15-18-6-3-8-20(14-18)25-13-5-11-23-12-9-21-17-23/h3,6,8-9,12,14,17,19H,4-5,7,10-11,13,15-16H2,1-2H3/t19-/m0/s1. The first-order valence-corrected chi connectivity index (χ1v) is 9.27. The zero-order chi connectivity index (χ0) is 17.5. The Labute approximate surface area is 151 Å². The number of benzene rings is 1. The van der Waals surface area contributed by atoms with Crippen LogP contribution in [0, 0.1) is 0 Å². The number of imidazole rings is 1. The van der Waals surface area contributed by atoms with Crippen molar-refractivity contribution in [2.24, 2.45) is 0 Å². The lowest BCUT2D eigenvalue weighted by Gasteiger charge is -2.36. The topological polar surface area (TPSA) is 33.5 Å². The Morgan fingerprint density at radius 1 is 1.32 bits per heavy atom. The molecule has 0 spiro atoms. The summed E-state index contributed by atoms with van der Waals surface area (Å²) in [5.41, 5.74) is 1.34. The molecule has 3 rings (SSSR count). The second-order valence-electron chi connectivity index (χ2n) is 7.14. The van der Waals surface area contributed by atoms with E-state index in [1.54, 1.807) is 0 Å². The molecule has 0 bridgehead atoms. The van der Waals surface area contributed by atoms with Gasteiger partial charge < -0.3 is 14.2 Å². The minimum absolute atomic E-state index is 0.677. The monoisotopic (exact) mass is 342 g/mol. The fraction of sp³-hybridized carbons (Fsp3) is 0.550. The summed E-state index contributed by atoms with van der Waals surface area (Å²) in [7, 11) is 4.37. The zero-order valence-electron chi connectivity index (χ0n) is 15.5. The SMILES string of the molecule is CN(C)[C@H]1CCCN(Cc2cccc(OCCCn3ccnc3)c2)C1. The summed E-state index contributed by atoms with van der Waals surface area (Å²) in [6, 6.07) is 9.23. The first kappa shape index (κ1) is 18.0. The van der Waals surface area contributed by atoms with E-state index >= 15 is 0 Å². The maximum Gasteiger partial charge on any atom is 0.119 e. The second-order valence-corrected chi connectivity index (χ2v) is 7.14. The molecule has 136 valence electrons. The third-order valence-corrected chi connectivity index (χ3v) is 4.90. The van der Waals surface area contributed by atoms with Crippen LogP contribution in [0.4, 0.5) is 0 Å². The van der Waals surface area contributed by atoms with Crippen molar-refractivity contribution in [1.82, 2.24) is 19.4 Å². The minimum atomic E-state index is 0.677. The average Bonchev–Trinajstić information content (AvgIpc) is 3.13. The van der Waals surface area contributed by atoms with Crippen LogP contribution in [0.3, 0.4) is 0 Å². The molecule has 5 nitrogen and oxygen atoms in total. The Morgan fingerprint density at radius 2 is 2.24 bits per heavy atom. The third kappa shape index (κ3) is 5.58. The Morgan fingerprint density at radius 3 is 3.04 bits per heavy atom. The van der Waals surface area contributed by atoms with Gasteiger partial charge >= 0.3 is 0 Å². The summed E-state index contributed by atoms with van der Waals surface area (Å²) >= 11 is 0. The predicted octanol–water partition coefficient (Wildman–Crippen LogP) is 2.88. The quantitative estimate of drug-likeness (QED) is 0.691. The van der Waals surface area contributed by atoms with Crippen LogP contribution in [0.1, 0.15) is 24.8 Å². The number of likely N-dealkylation sites (N-methyl/N-ethyl adjacent to an activating group) is 1. The third-order valence-electron chi connectivity index (χ3n) is 4.90. The van der Waals surface area contributed by atoms with Gasteiger partial charge in [-0.3, -0.25) is 4.90 Å². The van der Waals surface area contributed by atoms with Gasteiger partial charge in [0.25, 0.3) is 0 Å². The van der Waals surface area contributed by atoms with Gasteiger partial charge in [0, 0.05) is 38.1 Å². The van der Waals surface area contributed by atoms with Crippen molar-refractivity contribution in [3.05, 3.63) is 48.5 Å². The fourth-order valence-electron chi connectivity index (χ4n) is 3.44. The Hall–Kier alpha value is -1.85. The molecule has 1 aliphatic rings. The molecule has 1 saturated heterocycles. The zero-order valence-corrected chi connectivity index (χ0v) is 15.5. The normalized spacial score (nSPS) is 18.6. The number of aromatic nitrogens is 2. The van der Waals surface area contributed by atoms with Gasteiger partial charge in [-0.15, -0.1) is 0 Å². The maximum atomic E-state index is 5.93. The van der Waals surface area contributed by atoms with Crippen LogP contribution in [0.2, 0.25) is 0 Å². The first-order chi connectivity index (χ1) is 12.2. The molecule has 2 aromatic rings. The van der Waals surface area contributed by atoms with E-state index < -0.39 is 0 Å². The van der Waals surface area contributed by atoms with E-state index in [1.807, 2.05) is 18.7 Å². The molecule has 0 N–H and O–H groups in total. The molecule has 1 fully saturated rings. The molecular weight excluding hydrogens is 312 g/mol. The molecule has 1 atom stereocenters. The van der Waals surface area contributed by atoms with E-state index in [-0.39, 0.29) is 0 Å². The number of likely N-dealkylation sites (tertiary alicyclic amines) is 1. The molecular formula is C20H30N4O. The Bertz CT molecular complexity index is 626. The predicted molar refractivity (Wildman–Crippen MR) is 101 cm³/mol. The second kappa shape index (κ2) is 9.02. The molecule has 0 radical (unpaired) electrons. The fourth-order valence-corrected chi connectivity index (χ4v) is 3.44. The van der Waals surface area contributed by atoms with E-state index in [2.05, 4.69) is 57.7 Å². The molecule has 0 amide bonds. The van der Waals surface area contributed by atoms with Crippen molar-refractivity contribution in [3.63, 3.8) is 0 Å². The summed E-state index contributed by atoms with van der Waals surface area (Å²) in [6.45, 7) is 5.04. The number of ether oxygens (including phenoxy) is 1. The van der Waals surface area contributed by atoms with E-state index in [0.717, 1.165) is 38.4 Å². The van der Waals surface area contributed by atoms with E-state index in [0.29, 0.717) is 6.04 Å². The van der Waals surface area contributed by atoms with Crippen molar-refractivity contribution >= 4 is 0 Å². The van der Waals surface area contributed by atoms with Crippen LogP contribution >= 0.6 is 0 Å². The number of aryl methyl sites for hydroxylation is 1. The summed E-state index contributed by atoms with van der Waals surface area (Å²) < 4.78 is 8.01. The largest absolute Gasteiger partial charge is 0.494 e. The summed E-state index contributed by atoms with van der Waals surface area (Å²) in [5.74, 6) is 0.976. The summed E-state index contributed by atoms with van der Waals surface area (Å²) in [6.07, 6.45) is 9.22. The number of nitrogens with zero attached hydrogens (tertiary/aromatic N) is 4. The lowest BCUT2D eigenvalue weighted by Crippen LogP contribution is -2.44. The van der Waals surface area contributed by atoms with Gasteiger partial charge in [0.15, 0.2) is 0 Å². The average molecular weight is 342 g/mol. The van der Waals surface area contributed by atoms with Crippen molar-refractivity contribution in [2.75, 3.05) is 33.8 Å². The lowest BCUT2D eigenvalue weighted by atomic mass is 10.0. The van der Waals surface area contributed by atoms with Crippen LogP contribution < -0.4 is 4.74 Å². The Balaban J connectivity index is 1.46. The number of piperidine rings is 1. The molecule has 2 heterocycles. The maximum absolute atomic E-state index is 5.93. The number of hydrogen-bond donors (Lipinski definition) is 0. The van der Waals surface area contributed by atoms with Gasteiger partial charge in [0.05, 0.1) is 12.9 Å². The molecule has 0 unspecified atom stereocenters. The van der Waals surface area contributed by atoms with Crippen LogP contribution in [-0.4, -0.2) is 59.2 Å². The van der Waals surface area contributed by atoms with Crippen LogP contribution in [0.5, 0.6) is 5.75 Å². The highest BCUT2D eigenvalue weighted by Crippen LogP contribution is 2.19. The van der Waals surface area contributed by atoms with Gasteiger partial charge in [-0.05, 0) is 57.6 Å². The highest BCUT2D eigenvalue weighted by Gasteiger charge is 2.21. The molecule has 0 saturated carbocycles. The molecule has 1 aromatic carbocycles. The van der Waals surface area contributed by atoms with Gasteiger partial charge in [0.1, 0.15) is 5.75 Å². The van der Waals surface area contributed by atoms with Gasteiger partial charge in [0.2, 0.25) is 0 Å². The van der Waals surface area contributed by atoms with Gasteiger partial charge in [-0.25, -0.2) is 4.98 Å². The van der Waals surface area contributed by atoms with E-state index in [4.69, 9.17) is 4.74 Å². The van der Waals surface area contributed by atoms with Crippen molar-refractivity contribution in [3.8, 4) is 5.75 Å². The van der Waals surface area contributed by atoms with Crippen molar-refractivity contribution < 1.29 is 4.74 Å². The highest BCUT2D eigenvalue weighted by atomic mass is 16.5. The van der Waals surface area contributed by atoms with E-state index in [1.165, 1.54) is 24.9 Å². The van der Waals surface area contributed by atoms with E-state index in [9.17, 15) is 0 Å². The summed E-state index contributed by atoms with van der Waals surface area (Å²) in [5, 5.41) is 0. The molecule has 0 aliphatic carbocycles. The number of hydrogen-bond acceptors (Lipinski definition) is 4. The van der Waals surface area contributed by atoms with Crippen molar-refractivity contribution in [1.29, 1.82) is 0 Å². The highest BCUT2D eigenvalue weighted by molar-refractivity contribution is 5.28. The molecule has 1 aliphatic heterocycles. The Kier molecular flexibility index (Phi) is 6.48. The lowest BCUT2D eigenvalue weighted by molar-refractivity contribution is 0.128. The number of rotatable bonds is 8. The molecule has 1 aromatic heterocycles. The van der Waals surface area contributed by atoms with Gasteiger partial charge in [-0.1, -0.05) is 12.1 Å². The minimum Gasteiger partial charge on any atom is -0.494 e. The first-order valence-electron chi connectivity index (χ1n) is 9.27. The van der Waals surface area contributed by atoms with Gasteiger partial charge in [-0.2, -0.15) is 0 Å².